The number of aliphatic hydroxyl groups excluding tert-OH is 1. The van der Waals surface area contributed by atoms with Crippen molar-refractivity contribution in [2.75, 3.05) is 13.2 Å². The molecule has 3 aromatic carbocycles. The van der Waals surface area contributed by atoms with Gasteiger partial charge < -0.3 is 34.0 Å². The van der Waals surface area contributed by atoms with E-state index in [9.17, 15) is 24.3 Å². The Labute approximate surface area is 309 Å². The fourth-order valence-corrected chi connectivity index (χ4v) is 5.81. The van der Waals surface area contributed by atoms with Crippen molar-refractivity contribution in [3.8, 4) is 0 Å². The molecular formula is C41H49N3O9. The topological polar surface area (TPSA) is 161 Å². The van der Waals surface area contributed by atoms with Gasteiger partial charge in [-0.05, 0) is 78.6 Å². The lowest BCUT2D eigenvalue weighted by Crippen LogP contribution is -2.48. The quantitative estimate of drug-likeness (QED) is 0.130. The van der Waals surface area contributed by atoms with Crippen LogP contribution in [0.4, 0.5) is 9.59 Å². The Morgan fingerprint density at radius 1 is 0.679 bits per heavy atom. The largest absolute Gasteiger partial charge is 0.464 e. The number of para-hydroxylation sites is 2. The van der Waals surface area contributed by atoms with Crippen molar-refractivity contribution in [3.63, 3.8) is 0 Å². The van der Waals surface area contributed by atoms with Crippen LogP contribution in [0.1, 0.15) is 80.8 Å². The second-order valence-corrected chi connectivity index (χ2v) is 14.6. The van der Waals surface area contributed by atoms with Gasteiger partial charge in [0.25, 0.3) is 11.8 Å². The van der Waals surface area contributed by atoms with Crippen molar-refractivity contribution in [2.24, 2.45) is 0 Å². The van der Waals surface area contributed by atoms with E-state index in [4.69, 9.17) is 18.3 Å². The summed E-state index contributed by atoms with van der Waals surface area (Å²) in [6, 6.07) is 21.0. The molecule has 1 aliphatic heterocycles. The first-order valence-electron chi connectivity index (χ1n) is 17.1. The summed E-state index contributed by atoms with van der Waals surface area (Å²) in [5, 5.41) is 16.8. The maximum absolute atomic E-state index is 12.8. The van der Waals surface area contributed by atoms with Crippen LogP contribution >= 0.6 is 0 Å². The van der Waals surface area contributed by atoms with Gasteiger partial charge in [0, 0.05) is 21.9 Å². The van der Waals surface area contributed by atoms with Gasteiger partial charge in [0.15, 0.2) is 0 Å². The lowest BCUT2D eigenvalue weighted by atomic mass is 10.0. The minimum absolute atomic E-state index is 0. The van der Waals surface area contributed by atoms with Crippen LogP contribution in [0.15, 0.2) is 94.2 Å². The number of carbonyl (C=O) groups excluding carboxylic acids is 4. The van der Waals surface area contributed by atoms with Gasteiger partial charge in [-0.1, -0.05) is 56.0 Å². The molecule has 2 aromatic heterocycles. The number of rotatable bonds is 9. The van der Waals surface area contributed by atoms with Gasteiger partial charge in [-0.2, -0.15) is 0 Å². The lowest BCUT2D eigenvalue weighted by Gasteiger charge is -2.26. The molecule has 0 saturated carbocycles. The zero-order valence-electron chi connectivity index (χ0n) is 30.2. The highest BCUT2D eigenvalue weighted by molar-refractivity contribution is 6.21. The fraction of sp³-hybridized carbons (Fsp3) is 0.366. The number of imide groups is 1. The molecule has 6 rings (SSSR count). The summed E-state index contributed by atoms with van der Waals surface area (Å²) in [6.45, 7) is 10.6. The van der Waals surface area contributed by atoms with Crippen molar-refractivity contribution in [1.29, 1.82) is 0 Å². The maximum Gasteiger partial charge on any atom is 0.407 e. The van der Waals surface area contributed by atoms with Crippen LogP contribution in [-0.4, -0.2) is 70.4 Å². The van der Waals surface area contributed by atoms with Crippen molar-refractivity contribution >= 4 is 45.9 Å². The third kappa shape index (κ3) is 10.5. The van der Waals surface area contributed by atoms with Gasteiger partial charge >= 0.3 is 12.2 Å². The van der Waals surface area contributed by atoms with Crippen LogP contribution < -0.4 is 10.6 Å². The Morgan fingerprint density at radius 2 is 1.08 bits per heavy atom. The maximum atomic E-state index is 12.8. The summed E-state index contributed by atoms with van der Waals surface area (Å²) < 4.78 is 21.6. The first kappa shape index (κ1) is 40.2. The number of nitrogens with zero attached hydrogens (tertiary/aromatic N) is 1. The Kier molecular flexibility index (Phi) is 12.7. The fourth-order valence-electron chi connectivity index (χ4n) is 5.81. The van der Waals surface area contributed by atoms with E-state index in [2.05, 4.69) is 10.6 Å². The van der Waals surface area contributed by atoms with E-state index in [0.717, 1.165) is 33.1 Å². The van der Waals surface area contributed by atoms with Crippen molar-refractivity contribution in [3.05, 3.63) is 108 Å². The standard InChI is InChI=1S/C24H24N2O5.C16H21NO4.CH4/c1-24(2,3)31-23(29)25-16(12-15-14-30-20-11-7-6-8-17(15)20)13-26-21(27)18-9-4-5-10-19(18)22(26)28;1-16(2,3)21-15(19)17-12(9-18)8-11-10-20-14-7-5-4-6-13(11)14;/h4-11,14,16H,12-13H2,1-3H3,(H,25,29);4-7,10,12,18H,8-9H2,1-3H3,(H,17,19);1H4/t16-;12-;/m00./s1. The predicted molar refractivity (Wildman–Crippen MR) is 202 cm³/mol. The second kappa shape index (κ2) is 16.8. The van der Waals surface area contributed by atoms with Gasteiger partial charge in [0.2, 0.25) is 0 Å². The first-order valence-corrected chi connectivity index (χ1v) is 17.1. The van der Waals surface area contributed by atoms with Gasteiger partial charge in [-0.25, -0.2) is 9.59 Å². The summed E-state index contributed by atoms with van der Waals surface area (Å²) >= 11 is 0. The molecule has 0 spiro atoms. The molecule has 0 radical (unpaired) electrons. The summed E-state index contributed by atoms with van der Waals surface area (Å²) in [7, 11) is 0. The van der Waals surface area contributed by atoms with Crippen molar-refractivity contribution < 1.29 is 42.6 Å². The van der Waals surface area contributed by atoms with Crippen LogP contribution in [0.2, 0.25) is 0 Å². The van der Waals surface area contributed by atoms with E-state index in [1.165, 1.54) is 4.90 Å². The average Bonchev–Trinajstić information content (AvgIpc) is 3.74. The van der Waals surface area contributed by atoms with E-state index in [1.807, 2.05) is 48.5 Å². The molecule has 12 heteroatoms. The van der Waals surface area contributed by atoms with Crippen molar-refractivity contribution in [2.45, 2.75) is 85.1 Å². The lowest BCUT2D eigenvalue weighted by molar-refractivity contribution is 0.0466. The third-order valence-corrected chi connectivity index (χ3v) is 8.00. The molecule has 2 atom stereocenters. The number of furan rings is 2. The van der Waals surface area contributed by atoms with Crippen LogP contribution in [0.25, 0.3) is 21.9 Å². The molecule has 0 saturated heterocycles. The number of nitrogens with one attached hydrogen (secondary N) is 2. The minimum atomic E-state index is -0.674. The molecule has 12 nitrogen and oxygen atoms in total. The van der Waals surface area contributed by atoms with Gasteiger partial charge in [0.1, 0.15) is 22.4 Å². The van der Waals surface area contributed by atoms with Crippen LogP contribution in [-0.2, 0) is 22.3 Å². The van der Waals surface area contributed by atoms with Crippen molar-refractivity contribution in [1.82, 2.24) is 15.5 Å². The number of benzene rings is 3. The number of hydrogen-bond donors (Lipinski definition) is 3. The number of fused-ring (bicyclic) bond motifs is 3. The van der Waals surface area contributed by atoms with E-state index in [1.54, 1.807) is 78.3 Å². The highest BCUT2D eigenvalue weighted by Gasteiger charge is 2.37. The van der Waals surface area contributed by atoms with E-state index >= 15 is 0 Å². The number of aliphatic hydroxyl groups is 1. The molecular weight excluding hydrogens is 678 g/mol. The molecule has 3 N–H and O–H groups in total. The normalized spacial score (nSPS) is 13.8. The molecule has 0 fully saturated rings. The van der Waals surface area contributed by atoms with E-state index in [0.29, 0.717) is 24.0 Å². The molecule has 53 heavy (non-hydrogen) atoms. The van der Waals surface area contributed by atoms with Crippen LogP contribution in [0.5, 0.6) is 0 Å². The molecule has 1 aliphatic rings. The SMILES string of the molecule is C.CC(C)(C)OC(=O)N[C@@H](Cc1coc2ccccc12)CN1C(=O)c2ccccc2C1=O.CC(C)(C)OC(=O)N[C@H](CO)Cc1coc2ccccc12. The first-order chi connectivity index (χ1) is 24.6. The second-order valence-electron chi connectivity index (χ2n) is 14.6. The van der Waals surface area contributed by atoms with E-state index in [-0.39, 0.29) is 32.4 Å². The monoisotopic (exact) mass is 727 g/mol. The third-order valence-electron chi connectivity index (χ3n) is 8.00. The molecule has 282 valence electrons. The molecule has 3 heterocycles. The number of alkyl carbamates (subject to hydrolysis) is 2. The molecule has 0 bridgehead atoms. The Balaban J connectivity index is 0.000000250. The summed E-state index contributed by atoms with van der Waals surface area (Å²) in [4.78, 5) is 51.0. The molecule has 0 unspecified atom stereocenters. The van der Waals surface area contributed by atoms with Gasteiger partial charge in [-0.15, -0.1) is 0 Å². The van der Waals surface area contributed by atoms with Gasteiger partial charge in [0.05, 0.1) is 48.9 Å². The number of amides is 4. The molecule has 4 amide bonds. The van der Waals surface area contributed by atoms with Crippen LogP contribution in [0.3, 0.4) is 0 Å². The number of hydrogen-bond acceptors (Lipinski definition) is 9. The van der Waals surface area contributed by atoms with Gasteiger partial charge in [-0.3, -0.25) is 14.5 Å². The smallest absolute Gasteiger partial charge is 0.407 e. The predicted octanol–water partition coefficient (Wildman–Crippen LogP) is 7.66. The Morgan fingerprint density at radius 3 is 1.51 bits per heavy atom. The summed E-state index contributed by atoms with van der Waals surface area (Å²) in [6.07, 6.45) is 2.99. The molecule has 5 aromatic rings. The number of ether oxygens (including phenoxy) is 2. The van der Waals surface area contributed by atoms with E-state index < -0.39 is 35.5 Å². The number of carbonyl (C=O) groups is 4. The zero-order valence-corrected chi connectivity index (χ0v) is 30.2. The Hall–Kier alpha value is -5.62. The highest BCUT2D eigenvalue weighted by Crippen LogP contribution is 2.26. The average molecular weight is 728 g/mol. The zero-order chi connectivity index (χ0) is 37.6. The summed E-state index contributed by atoms with van der Waals surface area (Å²) in [5.41, 5.74) is 2.85. The highest BCUT2D eigenvalue weighted by atomic mass is 16.6. The van der Waals surface area contributed by atoms with Crippen LogP contribution in [0, 0.1) is 0 Å². The minimum Gasteiger partial charge on any atom is -0.464 e. The molecule has 0 aliphatic carbocycles. The Bertz CT molecular complexity index is 2020. The summed E-state index contributed by atoms with van der Waals surface area (Å²) in [5.74, 6) is -0.734.